The average Bonchev–Trinajstić information content (AvgIpc) is 3.00. The van der Waals surface area contributed by atoms with Crippen LogP contribution in [-0.2, 0) is 4.79 Å². The Morgan fingerprint density at radius 3 is 2.57 bits per heavy atom. The summed E-state index contributed by atoms with van der Waals surface area (Å²) in [5, 5.41) is 0.797. The number of piperazine rings is 1. The Labute approximate surface area is 264 Å². The predicted octanol–water partition coefficient (Wildman–Crippen LogP) is 6.91. The van der Waals surface area contributed by atoms with E-state index in [0.29, 0.717) is 45.1 Å². The summed E-state index contributed by atoms with van der Waals surface area (Å²) in [7, 11) is 0. The first kappa shape index (κ1) is 28.4. The Kier molecular flexibility index (Phi) is 7.95. The normalized spacial score (nSPS) is 15.9. The first-order valence-corrected chi connectivity index (χ1v) is 14.9. The van der Waals surface area contributed by atoms with Gasteiger partial charge >= 0.3 is 5.69 Å². The molecule has 1 amide bonds. The Balaban J connectivity index is 1.84. The van der Waals surface area contributed by atoms with E-state index in [0.717, 1.165) is 5.56 Å². The van der Waals surface area contributed by atoms with E-state index in [4.69, 9.17) is 19.3 Å². The van der Waals surface area contributed by atoms with E-state index < -0.39 is 17.4 Å². The second kappa shape index (κ2) is 12.3. The number of amides is 1. The number of aromatic nitrogens is 4. The van der Waals surface area contributed by atoms with Crippen LogP contribution in [0.2, 0.25) is 5.02 Å². The van der Waals surface area contributed by atoms with Gasteiger partial charge in [-0.25, -0.2) is 18.7 Å². The summed E-state index contributed by atoms with van der Waals surface area (Å²) in [4.78, 5) is 44.3. The summed E-state index contributed by atoms with van der Waals surface area (Å²) in [5.41, 5.74) is 3.52. The van der Waals surface area contributed by atoms with Crippen LogP contribution in [0.25, 0.3) is 34.1 Å². The van der Waals surface area contributed by atoms with Gasteiger partial charge in [0.15, 0.2) is 11.5 Å². The van der Waals surface area contributed by atoms with Crippen molar-refractivity contribution in [2.24, 2.45) is 0 Å². The summed E-state index contributed by atoms with van der Waals surface area (Å²) < 4.78 is 30.7. The van der Waals surface area contributed by atoms with Gasteiger partial charge in [-0.2, -0.15) is 4.98 Å². The van der Waals surface area contributed by atoms with Gasteiger partial charge in [-0.15, -0.1) is 0 Å². The highest BCUT2D eigenvalue weighted by Gasteiger charge is 2.32. The van der Waals surface area contributed by atoms with Crippen molar-refractivity contribution in [1.29, 1.82) is 0 Å². The number of fused-ring (bicyclic) bond motifs is 1. The molecule has 3 aromatic heterocycles. The minimum Gasteiger partial charge on any atom is -0.350 e. The number of pyridine rings is 2. The molecule has 5 rings (SSSR count). The molecule has 1 aromatic carbocycles. The van der Waals surface area contributed by atoms with Crippen molar-refractivity contribution in [2.45, 2.75) is 52.5 Å². The van der Waals surface area contributed by atoms with Crippen LogP contribution in [0.1, 0.15) is 66.0 Å². The Morgan fingerprint density at radius 1 is 1.16 bits per heavy atom. The lowest BCUT2D eigenvalue weighted by Gasteiger charge is -2.40. The number of benzene rings is 1. The highest BCUT2D eigenvalue weighted by Crippen LogP contribution is 2.37. The van der Waals surface area contributed by atoms with Crippen LogP contribution in [0.4, 0.5) is 10.2 Å². The zero-order valence-electron chi connectivity index (χ0n) is 27.4. The molecule has 0 spiro atoms. The van der Waals surface area contributed by atoms with Crippen LogP contribution in [0.3, 0.4) is 0 Å². The molecule has 4 aromatic rings. The molecule has 0 aliphatic carbocycles. The third kappa shape index (κ3) is 5.52. The molecule has 0 radical (unpaired) electrons. The van der Waals surface area contributed by atoms with Gasteiger partial charge in [0.05, 0.1) is 30.2 Å². The van der Waals surface area contributed by atoms with Gasteiger partial charge in [0.25, 0.3) is 5.91 Å². The fourth-order valence-electron chi connectivity index (χ4n) is 5.80. The van der Waals surface area contributed by atoms with E-state index >= 15 is 0 Å². The quantitative estimate of drug-likeness (QED) is 0.210. The standard InChI is InChI=1S/C34H36ClFN6O2/c1-8-23-11-9-10-12-25(23)29-27(35)17-26-31(41-16-15-40(18-21(41)6)33(43)22(7)36)39-34(44)42(32(26)38-29)30-24(19(2)3)13-14-37-28(30)20(4)5/h8-14,17,19-21H,1,7,15-16,18H2,2-6H3/t21-/m0/s1/i1D2. The topological polar surface area (TPSA) is 84.2 Å². The minimum absolute atomic E-state index is 0.0311. The molecule has 44 heavy (non-hydrogen) atoms. The first-order valence-electron chi connectivity index (χ1n) is 15.6. The smallest absolute Gasteiger partial charge is 0.350 e. The second-order valence-corrected chi connectivity index (χ2v) is 12.0. The number of rotatable bonds is 7. The molecule has 10 heteroatoms. The zero-order chi connectivity index (χ0) is 33.4. The molecular formula is C34H36ClFN6O2. The molecule has 0 bridgehead atoms. The molecule has 1 atom stereocenters. The van der Waals surface area contributed by atoms with E-state index in [2.05, 4.69) is 16.5 Å². The SMILES string of the molecule is [2H]C([2H])=Cc1ccccc1-c1nc2c(cc1Cl)c(N1CCN(C(=O)C(=C)F)C[C@@H]1C)nc(=O)n2-c1c(C(C)C)ccnc1C(C)C. The number of nitrogens with zero attached hydrogens (tertiary/aromatic N) is 6. The van der Waals surface area contributed by atoms with E-state index in [1.807, 2.05) is 51.7 Å². The van der Waals surface area contributed by atoms with Crippen molar-refractivity contribution in [3.05, 3.63) is 93.9 Å². The maximum Gasteiger partial charge on any atom is 0.355 e. The Morgan fingerprint density at radius 2 is 1.91 bits per heavy atom. The Bertz CT molecular complexity index is 1910. The summed E-state index contributed by atoms with van der Waals surface area (Å²) in [5.74, 6) is -1.42. The number of hydrogen-bond acceptors (Lipinski definition) is 6. The van der Waals surface area contributed by atoms with Crippen LogP contribution in [0.5, 0.6) is 0 Å². The van der Waals surface area contributed by atoms with Crippen molar-refractivity contribution in [3.63, 3.8) is 0 Å². The monoisotopic (exact) mass is 616 g/mol. The van der Waals surface area contributed by atoms with Crippen molar-refractivity contribution in [1.82, 2.24) is 24.4 Å². The lowest BCUT2D eigenvalue weighted by molar-refractivity contribution is -0.129. The lowest BCUT2D eigenvalue weighted by atomic mass is 9.97. The van der Waals surface area contributed by atoms with E-state index in [-0.39, 0.29) is 49.1 Å². The fraction of sp³-hybridized carbons (Fsp3) is 0.324. The van der Waals surface area contributed by atoms with Gasteiger partial charge < -0.3 is 9.80 Å². The minimum atomic E-state index is -1.02. The molecule has 0 saturated carbocycles. The van der Waals surface area contributed by atoms with Gasteiger partial charge in [-0.1, -0.05) is 82.7 Å². The lowest BCUT2D eigenvalue weighted by Crippen LogP contribution is -2.54. The maximum absolute atomic E-state index is 14.3. The van der Waals surface area contributed by atoms with Crippen LogP contribution in [0, 0.1) is 0 Å². The second-order valence-electron chi connectivity index (χ2n) is 11.6. The molecular weight excluding hydrogens is 579 g/mol. The van der Waals surface area contributed by atoms with Gasteiger partial charge in [0, 0.05) is 37.4 Å². The predicted molar refractivity (Wildman–Crippen MR) is 175 cm³/mol. The van der Waals surface area contributed by atoms with Crippen LogP contribution in [-0.4, -0.2) is 56.0 Å². The Hall–Kier alpha value is -4.37. The maximum atomic E-state index is 14.3. The van der Waals surface area contributed by atoms with Gasteiger partial charge in [-0.3, -0.25) is 9.78 Å². The third-order valence-electron chi connectivity index (χ3n) is 7.97. The van der Waals surface area contributed by atoms with Crippen molar-refractivity contribution in [3.8, 4) is 16.9 Å². The van der Waals surface area contributed by atoms with E-state index in [9.17, 15) is 14.0 Å². The van der Waals surface area contributed by atoms with Crippen molar-refractivity contribution >= 4 is 40.4 Å². The highest BCUT2D eigenvalue weighted by molar-refractivity contribution is 6.34. The number of carbonyl (C=O) groups excluding carboxylic acids is 1. The van der Waals surface area contributed by atoms with Crippen LogP contribution in [0.15, 0.2) is 66.3 Å². The number of hydrogen-bond donors (Lipinski definition) is 0. The fourth-order valence-corrected chi connectivity index (χ4v) is 6.05. The third-order valence-corrected chi connectivity index (χ3v) is 8.26. The summed E-state index contributed by atoms with van der Waals surface area (Å²) in [6.45, 7) is 13.4. The number of anilines is 1. The molecule has 1 aliphatic rings. The van der Waals surface area contributed by atoms with Gasteiger partial charge in [-0.05, 0) is 42.0 Å². The molecule has 4 heterocycles. The molecule has 1 fully saturated rings. The largest absolute Gasteiger partial charge is 0.355 e. The number of carbonyl (C=O) groups is 1. The first-order chi connectivity index (χ1) is 21.8. The van der Waals surface area contributed by atoms with Crippen LogP contribution >= 0.6 is 11.6 Å². The molecule has 0 N–H and O–H groups in total. The average molecular weight is 617 g/mol. The molecule has 1 saturated heterocycles. The van der Waals surface area contributed by atoms with Crippen molar-refractivity contribution < 1.29 is 11.9 Å². The highest BCUT2D eigenvalue weighted by atomic mass is 35.5. The van der Waals surface area contributed by atoms with Gasteiger partial charge in [0.2, 0.25) is 0 Å². The summed E-state index contributed by atoms with van der Waals surface area (Å²) >= 11 is 6.97. The number of halogens is 2. The van der Waals surface area contributed by atoms with E-state index in [1.165, 1.54) is 15.5 Å². The molecule has 0 unspecified atom stereocenters. The molecule has 8 nitrogen and oxygen atoms in total. The van der Waals surface area contributed by atoms with Crippen LogP contribution < -0.4 is 10.6 Å². The zero-order valence-corrected chi connectivity index (χ0v) is 26.2. The van der Waals surface area contributed by atoms with Crippen molar-refractivity contribution in [2.75, 3.05) is 24.5 Å². The summed E-state index contributed by atoms with van der Waals surface area (Å²) in [6, 6.07) is 10.5. The summed E-state index contributed by atoms with van der Waals surface area (Å²) in [6.07, 6.45) is 3.15. The van der Waals surface area contributed by atoms with E-state index in [1.54, 1.807) is 30.5 Å². The molecule has 228 valence electrons. The van der Waals surface area contributed by atoms with Gasteiger partial charge in [0.1, 0.15) is 5.82 Å². The molecule has 1 aliphatic heterocycles.